The summed E-state index contributed by atoms with van der Waals surface area (Å²) in [6, 6.07) is 37.6. The first-order valence-electron chi connectivity index (χ1n) is 17.3. The smallest absolute Gasteiger partial charge is 0.0346 e. The molecule has 0 N–H and O–H groups in total. The van der Waals surface area contributed by atoms with Crippen molar-refractivity contribution in [2.24, 2.45) is 5.92 Å². The molecule has 244 valence electrons. The molecule has 0 fully saturated rings. The summed E-state index contributed by atoms with van der Waals surface area (Å²) in [5.74, 6) is 0.422. The minimum absolute atomic E-state index is 0.422. The van der Waals surface area contributed by atoms with Gasteiger partial charge in [-0.3, -0.25) is 4.98 Å². The van der Waals surface area contributed by atoms with Crippen LogP contribution in [0, 0.1) is 5.92 Å². The number of benzene rings is 4. The Bertz CT molecular complexity index is 2050. The molecule has 4 aromatic carbocycles. The number of allylic oxidation sites excluding steroid dienone is 11. The van der Waals surface area contributed by atoms with Crippen LogP contribution in [0.15, 0.2) is 176 Å². The fourth-order valence-corrected chi connectivity index (χ4v) is 5.87. The summed E-state index contributed by atoms with van der Waals surface area (Å²) in [5, 5.41) is 0. The van der Waals surface area contributed by atoms with Gasteiger partial charge in [-0.2, -0.15) is 0 Å². The second-order valence-corrected chi connectivity index (χ2v) is 12.7. The highest BCUT2D eigenvalue weighted by atomic mass is 14.6. The van der Waals surface area contributed by atoms with E-state index >= 15 is 0 Å². The summed E-state index contributed by atoms with van der Waals surface area (Å²) in [4.78, 5) is 4.36. The average molecular weight is 638 g/mol. The molecule has 5 aromatic rings. The van der Waals surface area contributed by atoms with E-state index in [9.17, 15) is 0 Å². The highest BCUT2D eigenvalue weighted by molar-refractivity contribution is 5.86. The maximum absolute atomic E-state index is 4.36. The van der Waals surface area contributed by atoms with Crippen LogP contribution in [0.25, 0.3) is 55.7 Å². The van der Waals surface area contributed by atoms with Gasteiger partial charge < -0.3 is 0 Å². The number of nitrogens with zero attached hydrogens (tertiary/aromatic N) is 1. The van der Waals surface area contributed by atoms with Gasteiger partial charge in [-0.25, -0.2) is 0 Å². The molecular weight excluding hydrogens is 591 g/mol. The molecule has 0 saturated carbocycles. The van der Waals surface area contributed by atoms with Gasteiger partial charge in [0.05, 0.1) is 0 Å². The standard InChI is InChI=1S/C48H47N/c1-7-10-17-38(27-35(4)5)40-20-13-23-43(29-40)47-31-46(42-22-12-19-39(28-42)37(9-3)18-11-16-36(6)8-2)32-48(33-47)44-24-14-21-41(30-44)45-25-15-26-49-34-45/h7,9-35H,1,8H2,2-6H3/b17-10-,18-11-,36-16+,37-9+,38-27+. The molecule has 0 aliphatic carbocycles. The van der Waals surface area contributed by atoms with Crippen LogP contribution < -0.4 is 0 Å². The lowest BCUT2D eigenvalue weighted by atomic mass is 9.90. The molecule has 5 rings (SSSR count). The van der Waals surface area contributed by atoms with E-state index in [1.54, 1.807) is 0 Å². The van der Waals surface area contributed by atoms with Crippen LogP contribution in [0.2, 0.25) is 0 Å². The molecule has 0 spiro atoms. The Morgan fingerprint density at radius 3 is 1.69 bits per heavy atom. The summed E-state index contributed by atoms with van der Waals surface area (Å²) in [5.41, 5.74) is 15.5. The number of hydrogen-bond donors (Lipinski definition) is 0. The van der Waals surface area contributed by atoms with Crippen molar-refractivity contribution in [1.82, 2.24) is 4.98 Å². The summed E-state index contributed by atoms with van der Waals surface area (Å²) >= 11 is 0. The molecular formula is C48H47N. The lowest BCUT2D eigenvalue weighted by molar-refractivity contribution is 0.834. The average Bonchev–Trinajstić information content (AvgIpc) is 3.15. The van der Waals surface area contributed by atoms with Gasteiger partial charge in [0.25, 0.3) is 0 Å². The number of rotatable bonds is 12. The Morgan fingerprint density at radius 2 is 1.16 bits per heavy atom. The van der Waals surface area contributed by atoms with E-state index in [-0.39, 0.29) is 0 Å². The summed E-state index contributed by atoms with van der Waals surface area (Å²) in [6.45, 7) is 14.8. The number of aromatic nitrogens is 1. The number of hydrogen-bond acceptors (Lipinski definition) is 1. The zero-order valence-corrected chi connectivity index (χ0v) is 29.5. The van der Waals surface area contributed by atoms with Crippen LogP contribution >= 0.6 is 0 Å². The third kappa shape index (κ3) is 9.30. The van der Waals surface area contributed by atoms with Crippen molar-refractivity contribution in [3.63, 3.8) is 0 Å². The lowest BCUT2D eigenvalue weighted by Gasteiger charge is -2.14. The highest BCUT2D eigenvalue weighted by Crippen LogP contribution is 2.36. The first-order chi connectivity index (χ1) is 23.9. The van der Waals surface area contributed by atoms with E-state index in [1.807, 2.05) is 30.6 Å². The van der Waals surface area contributed by atoms with E-state index in [0.29, 0.717) is 5.92 Å². The topological polar surface area (TPSA) is 12.9 Å². The molecule has 0 bridgehead atoms. The molecule has 0 amide bonds. The quantitative estimate of drug-likeness (QED) is 0.124. The molecule has 1 heteroatoms. The van der Waals surface area contributed by atoms with Crippen molar-refractivity contribution in [3.05, 3.63) is 187 Å². The summed E-state index contributed by atoms with van der Waals surface area (Å²) in [6.07, 6.45) is 21.9. The minimum Gasteiger partial charge on any atom is -0.264 e. The fraction of sp³-hybridized carbons (Fsp3) is 0.146. The van der Waals surface area contributed by atoms with Gasteiger partial charge in [-0.05, 0) is 130 Å². The Balaban J connectivity index is 1.66. The van der Waals surface area contributed by atoms with Crippen molar-refractivity contribution >= 4 is 11.1 Å². The second kappa shape index (κ2) is 17.0. The highest BCUT2D eigenvalue weighted by Gasteiger charge is 2.11. The van der Waals surface area contributed by atoms with Crippen molar-refractivity contribution in [3.8, 4) is 44.5 Å². The van der Waals surface area contributed by atoms with E-state index in [2.05, 4.69) is 180 Å². The predicted molar refractivity (Wildman–Crippen MR) is 215 cm³/mol. The minimum atomic E-state index is 0.422. The molecule has 0 aliphatic rings. The monoisotopic (exact) mass is 637 g/mol. The molecule has 0 atom stereocenters. The third-order valence-electron chi connectivity index (χ3n) is 8.63. The van der Waals surface area contributed by atoms with E-state index in [0.717, 1.165) is 17.5 Å². The maximum Gasteiger partial charge on any atom is 0.0346 e. The maximum atomic E-state index is 4.36. The predicted octanol–water partition coefficient (Wildman–Crippen LogP) is 13.8. The van der Waals surface area contributed by atoms with Gasteiger partial charge in [0.15, 0.2) is 0 Å². The largest absolute Gasteiger partial charge is 0.264 e. The van der Waals surface area contributed by atoms with Crippen LogP contribution in [-0.2, 0) is 0 Å². The zero-order valence-electron chi connectivity index (χ0n) is 29.5. The third-order valence-corrected chi connectivity index (χ3v) is 8.63. The Hall–Kier alpha value is -5.53. The normalized spacial score (nSPS) is 12.7. The van der Waals surface area contributed by atoms with Crippen molar-refractivity contribution in [2.75, 3.05) is 0 Å². The van der Waals surface area contributed by atoms with Gasteiger partial charge in [-0.1, -0.05) is 142 Å². The van der Waals surface area contributed by atoms with Crippen molar-refractivity contribution in [2.45, 2.75) is 41.0 Å². The second-order valence-electron chi connectivity index (χ2n) is 12.7. The molecule has 49 heavy (non-hydrogen) atoms. The molecule has 1 heterocycles. The van der Waals surface area contributed by atoms with Crippen molar-refractivity contribution in [1.29, 1.82) is 0 Å². The molecule has 0 aliphatic heterocycles. The van der Waals surface area contributed by atoms with Crippen LogP contribution in [0.1, 0.15) is 52.2 Å². The van der Waals surface area contributed by atoms with E-state index < -0.39 is 0 Å². The Labute approximate surface area is 294 Å². The fourth-order valence-electron chi connectivity index (χ4n) is 5.87. The van der Waals surface area contributed by atoms with Gasteiger partial charge in [0.1, 0.15) is 0 Å². The number of pyridine rings is 1. The molecule has 0 unspecified atom stereocenters. The van der Waals surface area contributed by atoms with Crippen molar-refractivity contribution < 1.29 is 0 Å². The molecule has 1 nitrogen and oxygen atoms in total. The lowest BCUT2D eigenvalue weighted by Crippen LogP contribution is -1.90. The van der Waals surface area contributed by atoms with Gasteiger partial charge in [0.2, 0.25) is 0 Å². The first-order valence-corrected chi connectivity index (χ1v) is 17.3. The molecule has 1 aromatic heterocycles. The molecule has 0 radical (unpaired) electrons. The van der Waals surface area contributed by atoms with Gasteiger partial charge >= 0.3 is 0 Å². The molecule has 0 saturated heterocycles. The zero-order chi connectivity index (χ0) is 34.6. The van der Waals surface area contributed by atoms with Crippen LogP contribution in [0.4, 0.5) is 0 Å². The first kappa shape index (κ1) is 34.8. The van der Waals surface area contributed by atoms with E-state index in [4.69, 9.17) is 0 Å². The Kier molecular flexibility index (Phi) is 12.1. The van der Waals surface area contributed by atoms with Gasteiger partial charge in [0, 0.05) is 18.0 Å². The van der Waals surface area contributed by atoms with Gasteiger partial charge in [-0.15, -0.1) is 0 Å². The summed E-state index contributed by atoms with van der Waals surface area (Å²) in [7, 11) is 0. The van der Waals surface area contributed by atoms with Crippen LogP contribution in [0.3, 0.4) is 0 Å². The van der Waals surface area contributed by atoms with Crippen LogP contribution in [0.5, 0.6) is 0 Å². The van der Waals surface area contributed by atoms with Crippen LogP contribution in [-0.4, -0.2) is 4.98 Å². The summed E-state index contributed by atoms with van der Waals surface area (Å²) < 4.78 is 0. The van der Waals surface area contributed by atoms with E-state index in [1.165, 1.54) is 61.2 Å². The Morgan fingerprint density at radius 1 is 0.653 bits per heavy atom. The SMILES string of the molecule is C=C/C=C\C(=C/C(C)C)c1cccc(-c2cc(-c3cccc(C(/C=C\C=C(/C)CC)=C/C)c3)cc(-c3cccc(-c4cccnc4)c3)c2)c1.